The summed E-state index contributed by atoms with van der Waals surface area (Å²) in [6.07, 6.45) is 7.18. The molecule has 0 aliphatic carbocycles. The minimum absolute atomic E-state index is 0.240. The van der Waals surface area contributed by atoms with Crippen molar-refractivity contribution in [3.63, 3.8) is 0 Å². The van der Waals surface area contributed by atoms with Crippen molar-refractivity contribution in [2.24, 2.45) is 5.41 Å². The third kappa shape index (κ3) is 4.85. The number of hydrogen-bond acceptors (Lipinski definition) is 3. The highest BCUT2D eigenvalue weighted by atomic mass is 16.4. The van der Waals surface area contributed by atoms with Gasteiger partial charge in [0.25, 0.3) is 0 Å². The van der Waals surface area contributed by atoms with Crippen molar-refractivity contribution < 1.29 is 9.90 Å². The monoisotopic (exact) mass is 377 g/mol. The standard InChI is InChI=1S/C23H27N3O2/c1-4-23(2,3)14-17-15-25-21(26-17)11-9-16-8-10-18(19(13-16)22(27)28)20-7-5-6-12-24-20/h5-8,10,12-13,15H,4,9,11,14H2,1-3H3,(H,25,26)(H,27,28). The normalized spacial score (nSPS) is 11.5. The summed E-state index contributed by atoms with van der Waals surface area (Å²) >= 11 is 0. The van der Waals surface area contributed by atoms with Gasteiger partial charge in [0.15, 0.2) is 0 Å². The summed E-state index contributed by atoms with van der Waals surface area (Å²) in [5, 5.41) is 9.63. The van der Waals surface area contributed by atoms with Crippen molar-refractivity contribution in [2.75, 3.05) is 0 Å². The molecule has 0 radical (unpaired) electrons. The van der Waals surface area contributed by atoms with Gasteiger partial charge in [-0.2, -0.15) is 0 Å². The lowest BCUT2D eigenvalue weighted by Gasteiger charge is -2.20. The number of aromatic amines is 1. The van der Waals surface area contributed by atoms with Gasteiger partial charge in [0, 0.05) is 24.4 Å². The second-order valence-electron chi connectivity index (χ2n) is 7.93. The molecule has 3 rings (SSSR count). The summed E-state index contributed by atoms with van der Waals surface area (Å²) in [6.45, 7) is 6.69. The molecule has 0 saturated carbocycles. The number of pyridine rings is 1. The second-order valence-corrected chi connectivity index (χ2v) is 7.93. The molecule has 0 amide bonds. The molecule has 0 aliphatic heterocycles. The number of carboxylic acid groups (broad SMARTS) is 1. The van der Waals surface area contributed by atoms with Crippen LogP contribution in [0.5, 0.6) is 0 Å². The molecular weight excluding hydrogens is 350 g/mol. The summed E-state index contributed by atoms with van der Waals surface area (Å²) in [4.78, 5) is 24.0. The van der Waals surface area contributed by atoms with Crippen LogP contribution in [0.4, 0.5) is 0 Å². The van der Waals surface area contributed by atoms with Crippen molar-refractivity contribution >= 4 is 5.97 Å². The van der Waals surface area contributed by atoms with Crippen LogP contribution >= 0.6 is 0 Å². The van der Waals surface area contributed by atoms with Gasteiger partial charge in [0.05, 0.1) is 17.0 Å². The quantitative estimate of drug-likeness (QED) is 0.583. The fourth-order valence-electron chi connectivity index (χ4n) is 3.17. The highest BCUT2D eigenvalue weighted by Crippen LogP contribution is 2.25. The van der Waals surface area contributed by atoms with Crippen LogP contribution in [0.3, 0.4) is 0 Å². The molecule has 0 atom stereocenters. The number of benzene rings is 1. The summed E-state index contributed by atoms with van der Waals surface area (Å²) in [7, 11) is 0. The molecule has 146 valence electrons. The van der Waals surface area contributed by atoms with Gasteiger partial charge >= 0.3 is 5.97 Å². The molecule has 0 fully saturated rings. The molecule has 0 aliphatic rings. The van der Waals surface area contributed by atoms with Crippen molar-refractivity contribution in [3.05, 3.63) is 71.4 Å². The molecule has 0 unspecified atom stereocenters. The van der Waals surface area contributed by atoms with Crippen LogP contribution in [-0.2, 0) is 19.3 Å². The molecule has 28 heavy (non-hydrogen) atoms. The number of nitrogens with one attached hydrogen (secondary N) is 1. The maximum Gasteiger partial charge on any atom is 0.336 e. The van der Waals surface area contributed by atoms with Gasteiger partial charge in [-0.25, -0.2) is 9.78 Å². The summed E-state index contributed by atoms with van der Waals surface area (Å²) in [6, 6.07) is 11.1. The lowest BCUT2D eigenvalue weighted by atomic mass is 9.85. The Morgan fingerprint density at radius 2 is 2.00 bits per heavy atom. The Morgan fingerprint density at radius 1 is 1.18 bits per heavy atom. The summed E-state index contributed by atoms with van der Waals surface area (Å²) in [5.41, 5.74) is 3.88. The topological polar surface area (TPSA) is 78.9 Å². The summed E-state index contributed by atoms with van der Waals surface area (Å²) in [5.74, 6) is -0.00262. The lowest BCUT2D eigenvalue weighted by molar-refractivity contribution is 0.0697. The van der Waals surface area contributed by atoms with Crippen molar-refractivity contribution in [1.29, 1.82) is 0 Å². The molecule has 2 heterocycles. The van der Waals surface area contributed by atoms with E-state index in [4.69, 9.17) is 4.98 Å². The summed E-state index contributed by atoms with van der Waals surface area (Å²) < 4.78 is 0. The number of nitrogens with zero attached hydrogens (tertiary/aromatic N) is 2. The Bertz CT molecular complexity index is 945. The van der Waals surface area contributed by atoms with E-state index < -0.39 is 5.97 Å². The number of carbonyl (C=O) groups is 1. The molecule has 0 saturated heterocycles. The Kier molecular flexibility index (Phi) is 5.93. The maximum absolute atomic E-state index is 11.7. The minimum Gasteiger partial charge on any atom is -0.478 e. The van der Waals surface area contributed by atoms with E-state index in [2.05, 4.69) is 30.7 Å². The molecule has 2 aromatic heterocycles. The van der Waals surface area contributed by atoms with E-state index in [9.17, 15) is 9.90 Å². The zero-order valence-corrected chi connectivity index (χ0v) is 16.7. The van der Waals surface area contributed by atoms with Crippen LogP contribution in [0, 0.1) is 5.41 Å². The van der Waals surface area contributed by atoms with E-state index in [0.717, 1.165) is 42.8 Å². The predicted molar refractivity (Wildman–Crippen MR) is 110 cm³/mol. The smallest absolute Gasteiger partial charge is 0.336 e. The molecule has 2 N–H and O–H groups in total. The largest absolute Gasteiger partial charge is 0.478 e. The Labute approximate surface area is 165 Å². The van der Waals surface area contributed by atoms with Gasteiger partial charge in [-0.15, -0.1) is 0 Å². The number of carboxylic acids is 1. The zero-order valence-electron chi connectivity index (χ0n) is 16.7. The van der Waals surface area contributed by atoms with Crippen molar-refractivity contribution in [1.82, 2.24) is 15.0 Å². The SMILES string of the molecule is CCC(C)(C)Cc1c[nH]c(CCc2ccc(-c3ccccn3)c(C(=O)O)c2)n1. The van der Waals surface area contributed by atoms with Crippen LogP contribution in [-0.4, -0.2) is 26.0 Å². The number of imidazole rings is 1. The molecular formula is C23H27N3O2. The minimum atomic E-state index is -0.940. The first-order chi connectivity index (χ1) is 13.4. The molecule has 0 spiro atoms. The Morgan fingerprint density at radius 3 is 2.68 bits per heavy atom. The first-order valence-corrected chi connectivity index (χ1v) is 9.69. The fourth-order valence-corrected chi connectivity index (χ4v) is 3.17. The van der Waals surface area contributed by atoms with E-state index in [1.54, 1.807) is 12.3 Å². The number of aryl methyl sites for hydroxylation is 2. The van der Waals surface area contributed by atoms with Crippen molar-refractivity contribution in [3.8, 4) is 11.3 Å². The zero-order chi connectivity index (χ0) is 20.1. The van der Waals surface area contributed by atoms with Crippen LogP contribution in [0.15, 0.2) is 48.8 Å². The number of aromatic carboxylic acids is 1. The third-order valence-corrected chi connectivity index (χ3v) is 5.21. The Balaban J connectivity index is 1.73. The first kappa shape index (κ1) is 19.8. The first-order valence-electron chi connectivity index (χ1n) is 9.69. The fraction of sp³-hybridized carbons (Fsp3) is 0.348. The maximum atomic E-state index is 11.7. The predicted octanol–water partition coefficient (Wildman–Crippen LogP) is 4.93. The van der Waals surface area contributed by atoms with Gasteiger partial charge in [0.1, 0.15) is 5.82 Å². The molecule has 5 nitrogen and oxygen atoms in total. The average Bonchev–Trinajstić information content (AvgIpc) is 3.13. The van der Waals surface area contributed by atoms with E-state index in [0.29, 0.717) is 11.3 Å². The van der Waals surface area contributed by atoms with E-state index in [-0.39, 0.29) is 11.0 Å². The second kappa shape index (κ2) is 8.38. The number of rotatable bonds is 8. The van der Waals surface area contributed by atoms with Gasteiger partial charge < -0.3 is 10.1 Å². The van der Waals surface area contributed by atoms with Crippen LogP contribution < -0.4 is 0 Å². The molecule has 5 heteroatoms. The highest BCUT2D eigenvalue weighted by molar-refractivity contribution is 5.95. The third-order valence-electron chi connectivity index (χ3n) is 5.21. The van der Waals surface area contributed by atoms with Crippen molar-refractivity contribution in [2.45, 2.75) is 46.5 Å². The molecule has 0 bridgehead atoms. The van der Waals surface area contributed by atoms with Crippen LogP contribution in [0.1, 0.15) is 54.6 Å². The van der Waals surface area contributed by atoms with Gasteiger partial charge in [-0.05, 0) is 42.0 Å². The average molecular weight is 377 g/mol. The number of hydrogen-bond donors (Lipinski definition) is 2. The van der Waals surface area contributed by atoms with E-state index >= 15 is 0 Å². The van der Waals surface area contributed by atoms with Gasteiger partial charge in [-0.3, -0.25) is 4.98 Å². The lowest BCUT2D eigenvalue weighted by Crippen LogP contribution is -2.13. The van der Waals surface area contributed by atoms with Gasteiger partial charge in [-0.1, -0.05) is 45.4 Å². The van der Waals surface area contributed by atoms with E-state index in [1.165, 1.54) is 0 Å². The molecule has 3 aromatic rings. The number of H-pyrrole nitrogens is 1. The van der Waals surface area contributed by atoms with Gasteiger partial charge in [0.2, 0.25) is 0 Å². The highest BCUT2D eigenvalue weighted by Gasteiger charge is 2.18. The number of aromatic nitrogens is 3. The van der Waals surface area contributed by atoms with Crippen LogP contribution in [0.25, 0.3) is 11.3 Å². The van der Waals surface area contributed by atoms with E-state index in [1.807, 2.05) is 36.5 Å². The Hall–Kier alpha value is -2.95. The molecule has 1 aromatic carbocycles. The van der Waals surface area contributed by atoms with Crippen LogP contribution in [0.2, 0.25) is 0 Å².